The fraction of sp³-hybridized carbons (Fsp3) is 1.00. The maximum Gasteiger partial charge on any atom is 0.404 e. The van der Waals surface area contributed by atoms with Crippen LogP contribution in [0.25, 0.3) is 0 Å². The number of rotatable bonds is 2. The Morgan fingerprint density at radius 2 is 1.91 bits per heavy atom. The fourth-order valence-corrected chi connectivity index (χ4v) is 1.44. The fourth-order valence-electron chi connectivity index (χ4n) is 1.44. The molecule has 0 unspecified atom stereocenters. The van der Waals surface area contributed by atoms with E-state index >= 15 is 0 Å². The Morgan fingerprint density at radius 1 is 1.36 bits per heavy atom. The molecule has 1 aliphatic carbocycles. The topological polar surface area (TPSA) is 12.0 Å². The third-order valence-electron chi connectivity index (χ3n) is 2.28. The van der Waals surface area contributed by atoms with Crippen LogP contribution in [0.3, 0.4) is 0 Å². The average molecular weight is 167 g/mol. The molecule has 11 heavy (non-hydrogen) atoms. The summed E-state index contributed by atoms with van der Waals surface area (Å²) in [7, 11) is 1.37. The van der Waals surface area contributed by atoms with Gasteiger partial charge in [0.15, 0.2) is 0 Å². The van der Waals surface area contributed by atoms with Crippen LogP contribution in [-0.4, -0.2) is 19.3 Å². The molecule has 1 N–H and O–H groups in total. The maximum atomic E-state index is 12.1. The Bertz CT molecular complexity index is 128. The highest BCUT2D eigenvalue weighted by Crippen LogP contribution is 2.36. The monoisotopic (exact) mass is 167 g/mol. The molecular formula is C7H12F3N. The predicted octanol–water partition coefficient (Wildman–Crippen LogP) is 1.94. The molecule has 1 atom stereocenters. The van der Waals surface area contributed by atoms with Gasteiger partial charge in [-0.05, 0) is 25.8 Å². The molecule has 0 heterocycles. The van der Waals surface area contributed by atoms with Crippen LogP contribution in [0.4, 0.5) is 13.2 Å². The lowest BCUT2D eigenvalue weighted by Gasteiger charge is -2.34. The first-order valence-electron chi connectivity index (χ1n) is 3.79. The minimum absolute atomic E-state index is 0.181. The van der Waals surface area contributed by atoms with E-state index in [0.717, 1.165) is 6.42 Å². The van der Waals surface area contributed by atoms with Crippen molar-refractivity contribution in [2.24, 2.45) is 5.92 Å². The number of halogens is 3. The lowest BCUT2D eigenvalue weighted by atomic mass is 9.79. The second-order valence-electron chi connectivity index (χ2n) is 3.00. The summed E-state index contributed by atoms with van der Waals surface area (Å²) in [5, 5.41) is 2.32. The third-order valence-corrected chi connectivity index (χ3v) is 2.28. The number of nitrogens with one attached hydrogen (secondary N) is 1. The van der Waals surface area contributed by atoms with Gasteiger partial charge in [0.1, 0.15) is 6.04 Å². The normalized spacial score (nSPS) is 22.9. The van der Waals surface area contributed by atoms with Gasteiger partial charge in [-0.15, -0.1) is 0 Å². The molecule has 1 nitrogen and oxygen atoms in total. The van der Waals surface area contributed by atoms with Crippen molar-refractivity contribution in [3.05, 3.63) is 0 Å². The van der Waals surface area contributed by atoms with E-state index in [0.29, 0.717) is 12.8 Å². The highest BCUT2D eigenvalue weighted by atomic mass is 19.4. The van der Waals surface area contributed by atoms with Crippen molar-refractivity contribution in [2.75, 3.05) is 7.05 Å². The van der Waals surface area contributed by atoms with Gasteiger partial charge in [0.05, 0.1) is 0 Å². The van der Waals surface area contributed by atoms with Gasteiger partial charge in [0.2, 0.25) is 0 Å². The van der Waals surface area contributed by atoms with E-state index in [9.17, 15) is 13.2 Å². The minimum atomic E-state index is -4.07. The molecule has 1 rings (SSSR count). The van der Waals surface area contributed by atoms with Crippen LogP contribution in [0.15, 0.2) is 0 Å². The van der Waals surface area contributed by atoms with Gasteiger partial charge >= 0.3 is 6.18 Å². The summed E-state index contributed by atoms with van der Waals surface area (Å²) in [4.78, 5) is 0. The Labute approximate surface area is 64.0 Å². The van der Waals surface area contributed by atoms with Crippen molar-refractivity contribution in [1.29, 1.82) is 0 Å². The van der Waals surface area contributed by atoms with E-state index in [-0.39, 0.29) is 5.92 Å². The lowest BCUT2D eigenvalue weighted by molar-refractivity contribution is -0.172. The number of alkyl halides is 3. The summed E-state index contributed by atoms with van der Waals surface area (Å²) in [5.41, 5.74) is 0. The predicted molar refractivity (Wildman–Crippen MR) is 36.2 cm³/mol. The van der Waals surface area contributed by atoms with Gasteiger partial charge < -0.3 is 5.32 Å². The van der Waals surface area contributed by atoms with E-state index in [2.05, 4.69) is 5.32 Å². The van der Waals surface area contributed by atoms with Crippen LogP contribution < -0.4 is 5.32 Å². The van der Waals surface area contributed by atoms with Crippen molar-refractivity contribution in [2.45, 2.75) is 31.5 Å². The average Bonchev–Trinajstić information content (AvgIpc) is 1.74. The van der Waals surface area contributed by atoms with E-state index in [1.165, 1.54) is 7.05 Å². The second-order valence-corrected chi connectivity index (χ2v) is 3.00. The van der Waals surface area contributed by atoms with Crippen LogP contribution >= 0.6 is 0 Å². The van der Waals surface area contributed by atoms with Gasteiger partial charge in [0, 0.05) is 0 Å². The Balaban J connectivity index is 2.48. The van der Waals surface area contributed by atoms with E-state index < -0.39 is 12.2 Å². The molecule has 0 amide bonds. The van der Waals surface area contributed by atoms with Gasteiger partial charge in [-0.1, -0.05) is 6.42 Å². The first kappa shape index (κ1) is 8.84. The molecule has 0 radical (unpaired) electrons. The lowest BCUT2D eigenvalue weighted by Crippen LogP contribution is -2.48. The second kappa shape index (κ2) is 3.01. The summed E-state index contributed by atoms with van der Waals surface area (Å²) in [6.07, 6.45) is -1.70. The quantitative estimate of drug-likeness (QED) is 0.662. The summed E-state index contributed by atoms with van der Waals surface area (Å²) < 4.78 is 36.4. The van der Waals surface area contributed by atoms with Crippen molar-refractivity contribution >= 4 is 0 Å². The Kier molecular flexibility index (Phi) is 2.42. The van der Waals surface area contributed by atoms with Gasteiger partial charge in [-0.3, -0.25) is 0 Å². The highest BCUT2D eigenvalue weighted by Gasteiger charge is 2.45. The standard InChI is InChI=1S/C7H12F3N/c1-11-6(7(8,9)10)5-3-2-4-5/h5-6,11H,2-4H2,1H3/t6-/m1/s1. The summed E-state index contributed by atoms with van der Waals surface area (Å²) in [6, 6.07) is -1.28. The Morgan fingerprint density at radius 3 is 2.00 bits per heavy atom. The molecule has 0 saturated heterocycles. The van der Waals surface area contributed by atoms with Crippen molar-refractivity contribution < 1.29 is 13.2 Å². The molecule has 66 valence electrons. The van der Waals surface area contributed by atoms with Crippen molar-refractivity contribution in [1.82, 2.24) is 5.32 Å². The largest absolute Gasteiger partial charge is 0.404 e. The first-order chi connectivity index (χ1) is 5.05. The SMILES string of the molecule is CN[C@H](C1CCC1)C(F)(F)F. The number of hydrogen-bond donors (Lipinski definition) is 1. The van der Waals surface area contributed by atoms with E-state index in [1.54, 1.807) is 0 Å². The summed E-state index contributed by atoms with van der Waals surface area (Å²) in [6.45, 7) is 0. The molecule has 0 aromatic heterocycles. The molecule has 0 aliphatic heterocycles. The molecular weight excluding hydrogens is 155 g/mol. The van der Waals surface area contributed by atoms with E-state index in [1.807, 2.05) is 0 Å². The zero-order chi connectivity index (χ0) is 8.48. The summed E-state index contributed by atoms with van der Waals surface area (Å²) in [5.74, 6) is -0.181. The molecule has 0 aromatic rings. The van der Waals surface area contributed by atoms with Gasteiger partial charge in [0.25, 0.3) is 0 Å². The first-order valence-corrected chi connectivity index (χ1v) is 3.79. The van der Waals surface area contributed by atoms with Crippen LogP contribution in [-0.2, 0) is 0 Å². The van der Waals surface area contributed by atoms with Gasteiger partial charge in [-0.25, -0.2) is 0 Å². The van der Waals surface area contributed by atoms with Crippen LogP contribution in [0.5, 0.6) is 0 Å². The molecule has 1 aliphatic rings. The molecule has 1 fully saturated rings. The van der Waals surface area contributed by atoms with Gasteiger partial charge in [-0.2, -0.15) is 13.2 Å². The van der Waals surface area contributed by atoms with Crippen molar-refractivity contribution in [3.63, 3.8) is 0 Å². The van der Waals surface area contributed by atoms with Crippen LogP contribution in [0.1, 0.15) is 19.3 Å². The third kappa shape index (κ3) is 1.86. The molecule has 0 spiro atoms. The zero-order valence-electron chi connectivity index (χ0n) is 6.41. The molecule has 0 bridgehead atoms. The highest BCUT2D eigenvalue weighted by molar-refractivity contribution is 4.86. The number of hydrogen-bond acceptors (Lipinski definition) is 1. The molecule has 4 heteroatoms. The smallest absolute Gasteiger partial charge is 0.309 e. The Hall–Kier alpha value is -0.250. The van der Waals surface area contributed by atoms with Crippen molar-refractivity contribution in [3.8, 4) is 0 Å². The van der Waals surface area contributed by atoms with Crippen LogP contribution in [0.2, 0.25) is 0 Å². The van der Waals surface area contributed by atoms with E-state index in [4.69, 9.17) is 0 Å². The zero-order valence-corrected chi connectivity index (χ0v) is 6.41. The minimum Gasteiger partial charge on any atom is -0.309 e. The van der Waals surface area contributed by atoms with Crippen LogP contribution in [0, 0.1) is 5.92 Å². The molecule has 1 saturated carbocycles. The maximum absolute atomic E-state index is 12.1. The molecule has 0 aromatic carbocycles. The summed E-state index contributed by atoms with van der Waals surface area (Å²) >= 11 is 0.